The first-order chi connectivity index (χ1) is 46.1. The number of halogens is 4. The molecule has 7 rings (SSSR count). The van der Waals surface area contributed by atoms with E-state index < -0.39 is 173 Å². The second-order valence-electron chi connectivity index (χ2n) is 29.0. The van der Waals surface area contributed by atoms with Crippen molar-refractivity contribution in [2.24, 2.45) is 23.7 Å². The summed E-state index contributed by atoms with van der Waals surface area (Å²) in [6.45, 7) is 12.6. The van der Waals surface area contributed by atoms with E-state index in [-0.39, 0.29) is 75.4 Å². The molecule has 4 heterocycles. The van der Waals surface area contributed by atoms with E-state index in [0.717, 1.165) is 23.8 Å². The maximum absolute atomic E-state index is 15.5. The first-order valence-electron chi connectivity index (χ1n) is 35.4. The molecule has 28 heteroatoms. The molecule has 24 nitrogen and oxygen atoms in total. The predicted molar refractivity (Wildman–Crippen MR) is 355 cm³/mol. The van der Waals surface area contributed by atoms with Gasteiger partial charge in [0.15, 0.2) is 0 Å². The molecule has 6 aliphatic rings. The zero-order valence-corrected chi connectivity index (χ0v) is 59.6. The topological polar surface area (TPSA) is 270 Å². The number of nitrogens with zero attached hydrogens (tertiary/aromatic N) is 9. The lowest BCUT2D eigenvalue weighted by molar-refractivity contribution is -0.161. The Balaban J connectivity index is 1.29. The number of benzene rings is 1. The molecule has 0 unspecified atom stereocenters. The lowest BCUT2D eigenvalue weighted by atomic mass is 9.90. The molecule has 1 spiro atoms. The van der Waals surface area contributed by atoms with Crippen LogP contribution in [0.4, 0.5) is 17.6 Å². The molecule has 4 aliphatic heterocycles. The molecule has 546 valence electrons. The Morgan fingerprint density at radius 3 is 1.83 bits per heavy atom. The highest BCUT2D eigenvalue weighted by molar-refractivity contribution is 6.01. The Morgan fingerprint density at radius 1 is 0.633 bits per heavy atom. The minimum atomic E-state index is -5.00. The number of carbonyl (C=O) groups excluding carboxylic acids is 12. The molecular formula is C70H106F4N12O12. The molecule has 98 heavy (non-hydrogen) atoms. The van der Waals surface area contributed by atoms with Gasteiger partial charge in [-0.3, -0.25) is 57.5 Å². The van der Waals surface area contributed by atoms with Crippen LogP contribution < -0.4 is 16.0 Å². The van der Waals surface area contributed by atoms with Crippen molar-refractivity contribution in [3.63, 3.8) is 0 Å². The van der Waals surface area contributed by atoms with Crippen molar-refractivity contribution in [2.45, 2.75) is 237 Å². The van der Waals surface area contributed by atoms with Gasteiger partial charge in [0.1, 0.15) is 65.7 Å². The number of likely N-dealkylation sites (N-methyl/N-ethyl adjacent to an activating group) is 6. The minimum Gasteiger partial charge on any atom is -0.343 e. The summed E-state index contributed by atoms with van der Waals surface area (Å²) in [6, 6.07) is -8.82. The molecule has 0 radical (unpaired) electrons. The summed E-state index contributed by atoms with van der Waals surface area (Å²) in [7, 11) is 8.52. The van der Waals surface area contributed by atoms with Crippen molar-refractivity contribution >= 4 is 70.9 Å². The first-order valence-corrected chi connectivity index (χ1v) is 35.4. The largest absolute Gasteiger partial charge is 0.419 e. The molecule has 2 aliphatic carbocycles. The normalized spacial score (nSPS) is 28.2. The van der Waals surface area contributed by atoms with Crippen molar-refractivity contribution in [2.75, 3.05) is 75.0 Å². The highest BCUT2D eigenvalue weighted by atomic mass is 19.4. The minimum absolute atomic E-state index is 0.00452. The second-order valence-corrected chi connectivity index (χ2v) is 29.0. The van der Waals surface area contributed by atoms with Gasteiger partial charge in [-0.15, -0.1) is 0 Å². The zero-order valence-electron chi connectivity index (χ0n) is 59.6. The molecule has 1 aromatic rings. The van der Waals surface area contributed by atoms with Crippen LogP contribution in [0.3, 0.4) is 0 Å². The number of likely N-dealkylation sites (tertiary alicyclic amines) is 1. The molecule has 1 aromatic carbocycles. The van der Waals surface area contributed by atoms with E-state index in [0.29, 0.717) is 83.0 Å². The van der Waals surface area contributed by atoms with Gasteiger partial charge in [0.05, 0.1) is 18.5 Å². The number of rotatable bonds is 11. The van der Waals surface area contributed by atoms with E-state index in [9.17, 15) is 51.5 Å². The number of hydrogen-bond acceptors (Lipinski definition) is 12. The fourth-order valence-corrected chi connectivity index (χ4v) is 15.2. The molecule has 2 saturated carbocycles. The third-order valence-electron chi connectivity index (χ3n) is 22.0. The Morgan fingerprint density at radius 2 is 1.26 bits per heavy atom. The molecule has 11 atom stereocenters. The molecule has 6 fully saturated rings. The van der Waals surface area contributed by atoms with E-state index >= 15 is 23.6 Å². The summed E-state index contributed by atoms with van der Waals surface area (Å²) in [6.07, 6.45) is 0.586. The van der Waals surface area contributed by atoms with Gasteiger partial charge in [0.2, 0.25) is 70.9 Å². The monoisotopic (exact) mass is 1380 g/mol. The van der Waals surface area contributed by atoms with E-state index in [1.807, 2.05) is 27.7 Å². The average molecular weight is 1380 g/mol. The standard InChI is InChI=1S/C70H106F4N12O12/c1-14-42(5)56-65(95)79(9)44(7)61(91)86-36-30-51(86)63(93)82(12)58(46-23-16-17-24-46)66(96)78(8)40-54(87)75-49(29-27-45-26-28-47(48(71)38-45)70(72,73)74)62(92)85-35-22-25-50(85)60(90)77-69(31-18-19-32-69)68(98)83(13)57(43(6)15-2)67(97)81(11)53(64(94)84-33-20-21-34-84)39-55(88)80(10)52(37-41(3)4)59(89)76-56/h26,28,38,41-44,46,49-53,56-58H,14-25,27,29-37,39-40H2,1-13H3,(H,75,87)(H,76,89)(H,77,90)/t42-,43-,44-,49-,50-,51-,52-,53-,56-,57-,58-/m0/s1. The van der Waals surface area contributed by atoms with Crippen LogP contribution in [-0.2, 0) is 70.1 Å². The van der Waals surface area contributed by atoms with Crippen molar-refractivity contribution < 1.29 is 75.1 Å². The van der Waals surface area contributed by atoms with Crippen molar-refractivity contribution in [3.8, 4) is 0 Å². The smallest absolute Gasteiger partial charge is 0.343 e. The predicted octanol–water partition coefficient (Wildman–Crippen LogP) is 4.74. The number of nitrogens with one attached hydrogen (secondary N) is 3. The van der Waals surface area contributed by atoms with Crippen LogP contribution in [0.25, 0.3) is 0 Å². The van der Waals surface area contributed by atoms with Gasteiger partial charge in [0, 0.05) is 68.5 Å². The van der Waals surface area contributed by atoms with Crippen LogP contribution in [0.15, 0.2) is 18.2 Å². The average Bonchev–Trinajstić information content (AvgIpc) is 1.54. The van der Waals surface area contributed by atoms with Gasteiger partial charge in [0.25, 0.3) is 0 Å². The number of hydrogen-bond donors (Lipinski definition) is 3. The number of alkyl halides is 3. The summed E-state index contributed by atoms with van der Waals surface area (Å²) < 4.78 is 56.1. The van der Waals surface area contributed by atoms with E-state index in [1.165, 1.54) is 83.5 Å². The van der Waals surface area contributed by atoms with Gasteiger partial charge in [-0.1, -0.05) is 86.1 Å². The fourth-order valence-electron chi connectivity index (χ4n) is 15.2. The maximum atomic E-state index is 15.5. The Hall–Kier alpha value is -7.42. The number of fused-ring (bicyclic) bond motifs is 2. The number of aryl methyl sites for hydroxylation is 1. The molecule has 4 saturated heterocycles. The third kappa shape index (κ3) is 17.4. The van der Waals surface area contributed by atoms with Crippen LogP contribution in [-0.4, -0.2) is 250 Å². The van der Waals surface area contributed by atoms with Gasteiger partial charge in [-0.05, 0) is 125 Å². The van der Waals surface area contributed by atoms with Gasteiger partial charge in [-0.2, -0.15) is 13.2 Å². The van der Waals surface area contributed by atoms with Crippen molar-refractivity contribution in [1.82, 2.24) is 60.0 Å². The van der Waals surface area contributed by atoms with E-state index in [1.54, 1.807) is 18.7 Å². The number of amides is 12. The Bertz CT molecular complexity index is 3120. The van der Waals surface area contributed by atoms with Crippen LogP contribution in [0.1, 0.15) is 175 Å². The lowest BCUT2D eigenvalue weighted by Crippen LogP contribution is -2.65. The Labute approximate surface area is 574 Å². The highest BCUT2D eigenvalue weighted by Gasteiger charge is 2.52. The summed E-state index contributed by atoms with van der Waals surface area (Å²) >= 11 is 0. The molecule has 3 N–H and O–H groups in total. The highest BCUT2D eigenvalue weighted by Crippen LogP contribution is 2.37. The van der Waals surface area contributed by atoms with Gasteiger partial charge < -0.3 is 60.0 Å². The molecule has 0 aromatic heterocycles. The first kappa shape index (κ1) is 77.9. The summed E-state index contributed by atoms with van der Waals surface area (Å²) in [4.78, 5) is 191. The van der Waals surface area contributed by atoms with Crippen LogP contribution in [0.5, 0.6) is 0 Å². The third-order valence-corrected chi connectivity index (χ3v) is 22.0. The van der Waals surface area contributed by atoms with Crippen LogP contribution in [0, 0.1) is 29.5 Å². The summed E-state index contributed by atoms with van der Waals surface area (Å²) in [5, 5.41) is 8.64. The van der Waals surface area contributed by atoms with Gasteiger partial charge in [-0.25, -0.2) is 4.39 Å². The quantitative estimate of drug-likeness (QED) is 0.254. The maximum Gasteiger partial charge on any atom is 0.419 e. The van der Waals surface area contributed by atoms with Crippen molar-refractivity contribution in [3.05, 3.63) is 35.1 Å². The zero-order chi connectivity index (χ0) is 72.6. The molecule has 12 amide bonds. The van der Waals surface area contributed by atoms with E-state index in [4.69, 9.17) is 0 Å². The molecular weight excluding hydrogens is 1280 g/mol. The Kier molecular flexibility index (Phi) is 26.4. The SMILES string of the molecule is CC[C@H](C)[C@@H]1NC(=O)[C@H](CC(C)C)N(C)C(=O)C[C@@H](C(=O)N2CCCC2)N(C)C(=O)[C@H]([C@@H](C)CC)N(C)C(=O)C2(CCCC2)NC(=O)[C@@H]2CCCN2C(=O)[C@H](CCc2ccc(C(F)(F)F)c(F)c2)NC(=O)CN(C)C(=O)[C@H](C2CCCC2)N(C)C(=O)[C@@H]2CCN2C(=O)[C@H](C)N(C)C1=O. The van der Waals surface area contributed by atoms with Crippen LogP contribution >= 0.6 is 0 Å². The van der Waals surface area contributed by atoms with Crippen LogP contribution in [0.2, 0.25) is 0 Å². The van der Waals surface area contributed by atoms with Gasteiger partial charge >= 0.3 is 6.18 Å². The summed E-state index contributed by atoms with van der Waals surface area (Å²) in [5.74, 6) is -11.0. The number of carbonyl (C=O) groups is 12. The molecule has 0 bridgehead atoms. The fraction of sp³-hybridized carbons (Fsp3) is 0.743. The summed E-state index contributed by atoms with van der Waals surface area (Å²) in [5.41, 5.74) is -3.05. The van der Waals surface area contributed by atoms with E-state index in [2.05, 4.69) is 16.0 Å². The second kappa shape index (κ2) is 33.2. The lowest BCUT2D eigenvalue weighted by Gasteiger charge is -2.45. The van der Waals surface area contributed by atoms with Crippen molar-refractivity contribution in [1.29, 1.82) is 0 Å².